The molecule has 0 bridgehead atoms. The fourth-order valence-electron chi connectivity index (χ4n) is 0.897. The van der Waals surface area contributed by atoms with Crippen molar-refractivity contribution in [2.75, 3.05) is 0 Å². The van der Waals surface area contributed by atoms with Crippen LogP contribution in [0.4, 0.5) is 0 Å². The van der Waals surface area contributed by atoms with Crippen molar-refractivity contribution in [2.45, 2.75) is 20.3 Å². The van der Waals surface area contributed by atoms with Crippen molar-refractivity contribution in [3.8, 4) is 11.8 Å². The van der Waals surface area contributed by atoms with Gasteiger partial charge < -0.3 is 0 Å². The number of rotatable bonds is 0. The van der Waals surface area contributed by atoms with Crippen molar-refractivity contribution in [1.29, 1.82) is 0 Å². The number of benzene rings is 1. The van der Waals surface area contributed by atoms with Gasteiger partial charge in [-0.25, -0.2) is 0 Å². The molecule has 0 heteroatoms. The van der Waals surface area contributed by atoms with Gasteiger partial charge in [-0.3, -0.25) is 0 Å². The van der Waals surface area contributed by atoms with E-state index in [4.69, 9.17) is 0 Å². The van der Waals surface area contributed by atoms with Gasteiger partial charge in [0.15, 0.2) is 0 Å². The molecule has 0 aliphatic rings. The molecule has 0 nitrogen and oxygen atoms in total. The zero-order chi connectivity index (χ0) is 8.10. The summed E-state index contributed by atoms with van der Waals surface area (Å²) in [6.07, 6.45) is 0.925. The molecule has 0 radical (unpaired) electrons. The molecule has 0 aliphatic carbocycles. The van der Waals surface area contributed by atoms with Crippen LogP contribution in [0.1, 0.15) is 25.9 Å². The van der Waals surface area contributed by atoms with Crippen molar-refractivity contribution >= 4 is 0 Å². The van der Waals surface area contributed by atoms with Gasteiger partial charge >= 0.3 is 0 Å². The Morgan fingerprint density at radius 3 is 2.73 bits per heavy atom. The summed E-state index contributed by atoms with van der Waals surface area (Å²) in [6.45, 7) is 4.14. The van der Waals surface area contributed by atoms with Crippen LogP contribution >= 0.6 is 0 Å². The second-order valence-electron chi connectivity index (χ2n) is 2.47. The first-order valence-electron chi connectivity index (χ1n) is 3.89. The quantitative estimate of drug-likeness (QED) is 0.493. The summed E-state index contributed by atoms with van der Waals surface area (Å²) in [6, 6.07) is 8.19. The standard InChI is InChI=1S/C11H12.H2/c1-3-4-8-11-9-6-5-7-10(11)2;/h5-7,9H,3H2,1-2H3;1H. The third-order valence-electron chi connectivity index (χ3n) is 1.54. The molecule has 0 N–H and O–H groups in total. The number of hydrogen-bond acceptors (Lipinski definition) is 0. The Labute approximate surface area is 69.7 Å². The van der Waals surface area contributed by atoms with Crippen molar-refractivity contribution in [1.82, 2.24) is 0 Å². The van der Waals surface area contributed by atoms with Gasteiger partial charge in [-0.15, -0.1) is 0 Å². The molecule has 1 aromatic rings. The fourth-order valence-corrected chi connectivity index (χ4v) is 0.897. The summed E-state index contributed by atoms with van der Waals surface area (Å²) in [4.78, 5) is 0. The minimum absolute atomic E-state index is 0. The Hall–Kier alpha value is -1.22. The van der Waals surface area contributed by atoms with E-state index in [9.17, 15) is 0 Å². The summed E-state index contributed by atoms with van der Waals surface area (Å²) in [5, 5.41) is 0. The summed E-state index contributed by atoms with van der Waals surface area (Å²) >= 11 is 0. The van der Waals surface area contributed by atoms with Gasteiger partial charge in [0.25, 0.3) is 0 Å². The van der Waals surface area contributed by atoms with Gasteiger partial charge in [0.1, 0.15) is 0 Å². The molecule has 0 aliphatic heterocycles. The van der Waals surface area contributed by atoms with Crippen molar-refractivity contribution in [3.63, 3.8) is 0 Å². The molecule has 0 fully saturated rings. The van der Waals surface area contributed by atoms with E-state index < -0.39 is 0 Å². The van der Waals surface area contributed by atoms with E-state index in [-0.39, 0.29) is 1.43 Å². The first kappa shape index (κ1) is 7.88. The molecule has 1 aromatic carbocycles. The van der Waals surface area contributed by atoms with Crippen molar-refractivity contribution in [2.24, 2.45) is 0 Å². The van der Waals surface area contributed by atoms with Crippen LogP contribution in [0.25, 0.3) is 0 Å². The van der Waals surface area contributed by atoms with Gasteiger partial charge in [-0.05, 0) is 18.6 Å². The first-order chi connectivity index (χ1) is 5.34. The van der Waals surface area contributed by atoms with Gasteiger partial charge in [0, 0.05) is 13.4 Å². The monoisotopic (exact) mass is 146 g/mol. The molecule has 1 rings (SSSR count). The number of hydrogen-bond donors (Lipinski definition) is 0. The van der Waals surface area contributed by atoms with E-state index in [2.05, 4.69) is 37.8 Å². The van der Waals surface area contributed by atoms with E-state index in [0.717, 1.165) is 12.0 Å². The maximum atomic E-state index is 3.11. The summed E-state index contributed by atoms with van der Waals surface area (Å²) in [5.74, 6) is 6.17. The molecule has 0 heterocycles. The molecule has 0 unspecified atom stereocenters. The molecule has 0 atom stereocenters. The Bertz CT molecular complexity index is 291. The molecule has 0 aromatic heterocycles. The van der Waals surface area contributed by atoms with Crippen molar-refractivity contribution in [3.05, 3.63) is 35.4 Å². The van der Waals surface area contributed by atoms with Crippen molar-refractivity contribution < 1.29 is 1.43 Å². The normalized spacial score (nSPS) is 8.55. The van der Waals surface area contributed by atoms with E-state index in [1.54, 1.807) is 0 Å². The highest BCUT2D eigenvalue weighted by molar-refractivity contribution is 5.40. The second kappa shape index (κ2) is 3.83. The Balaban J connectivity index is 0.00000121. The first-order valence-corrected chi connectivity index (χ1v) is 3.89. The van der Waals surface area contributed by atoms with Crippen LogP contribution in [0.15, 0.2) is 24.3 Å². The predicted molar refractivity (Wildman–Crippen MR) is 50.5 cm³/mol. The van der Waals surface area contributed by atoms with E-state index in [1.165, 1.54) is 5.56 Å². The SMILES string of the molecule is CCC#Cc1ccccc1C.[HH]. The molecule has 0 amide bonds. The zero-order valence-corrected chi connectivity index (χ0v) is 7.02. The van der Waals surface area contributed by atoms with Crippen LogP contribution < -0.4 is 0 Å². The maximum absolute atomic E-state index is 3.11. The fraction of sp³-hybridized carbons (Fsp3) is 0.273. The minimum Gasteiger partial charge on any atom is -0.0982 e. The molecule has 0 spiro atoms. The third kappa shape index (κ3) is 2.13. The van der Waals surface area contributed by atoms with Crippen LogP contribution in [-0.4, -0.2) is 0 Å². The molecular formula is C11H14. The Morgan fingerprint density at radius 2 is 2.09 bits per heavy atom. The number of aryl methyl sites for hydroxylation is 1. The lowest BCUT2D eigenvalue weighted by Crippen LogP contribution is -1.78. The highest BCUT2D eigenvalue weighted by Gasteiger charge is 1.88. The molecule has 11 heavy (non-hydrogen) atoms. The van der Waals surface area contributed by atoms with Gasteiger partial charge in [-0.2, -0.15) is 0 Å². The average molecular weight is 146 g/mol. The van der Waals surface area contributed by atoms with E-state index >= 15 is 0 Å². The van der Waals surface area contributed by atoms with E-state index in [1.807, 2.05) is 12.1 Å². The Morgan fingerprint density at radius 1 is 1.36 bits per heavy atom. The Kier molecular flexibility index (Phi) is 2.74. The summed E-state index contributed by atoms with van der Waals surface area (Å²) in [5.41, 5.74) is 2.41. The summed E-state index contributed by atoms with van der Waals surface area (Å²) in [7, 11) is 0. The van der Waals surface area contributed by atoms with Gasteiger partial charge in [-0.1, -0.05) is 37.0 Å². The van der Waals surface area contributed by atoms with Crippen LogP contribution in [0, 0.1) is 18.8 Å². The lowest BCUT2D eigenvalue weighted by atomic mass is 10.1. The smallest absolute Gasteiger partial charge is 0.0274 e. The highest BCUT2D eigenvalue weighted by Crippen LogP contribution is 2.04. The van der Waals surface area contributed by atoms with Crippen LogP contribution in [0.5, 0.6) is 0 Å². The van der Waals surface area contributed by atoms with E-state index in [0.29, 0.717) is 0 Å². The maximum Gasteiger partial charge on any atom is 0.0274 e. The largest absolute Gasteiger partial charge is 0.0982 e. The zero-order valence-electron chi connectivity index (χ0n) is 7.02. The second-order valence-corrected chi connectivity index (χ2v) is 2.47. The van der Waals surface area contributed by atoms with Crippen LogP contribution in [-0.2, 0) is 0 Å². The van der Waals surface area contributed by atoms with Gasteiger partial charge in [0.05, 0.1) is 0 Å². The minimum atomic E-state index is 0. The molecular weight excluding hydrogens is 132 g/mol. The average Bonchev–Trinajstić information content (AvgIpc) is 2.03. The predicted octanol–water partition coefficient (Wildman–Crippen LogP) is 3.00. The highest BCUT2D eigenvalue weighted by atomic mass is 13.9. The lowest BCUT2D eigenvalue weighted by molar-refractivity contribution is 1.28. The van der Waals surface area contributed by atoms with Crippen LogP contribution in [0.3, 0.4) is 0 Å². The van der Waals surface area contributed by atoms with Gasteiger partial charge in [0.2, 0.25) is 0 Å². The topological polar surface area (TPSA) is 0 Å². The molecule has 0 saturated heterocycles. The summed E-state index contributed by atoms with van der Waals surface area (Å²) < 4.78 is 0. The molecule has 0 saturated carbocycles. The lowest BCUT2D eigenvalue weighted by Gasteiger charge is -1.93. The van der Waals surface area contributed by atoms with Crippen LogP contribution in [0.2, 0.25) is 0 Å². The third-order valence-corrected chi connectivity index (χ3v) is 1.54. The molecule has 58 valence electrons.